The fourth-order valence-electron chi connectivity index (χ4n) is 2.34. The van der Waals surface area contributed by atoms with E-state index in [1.54, 1.807) is 12.1 Å². The highest BCUT2D eigenvalue weighted by atomic mass is 16.4. The first-order chi connectivity index (χ1) is 8.66. The molecule has 0 amide bonds. The van der Waals surface area contributed by atoms with Gasteiger partial charge in [-0.25, -0.2) is 4.79 Å². The lowest BCUT2D eigenvalue weighted by atomic mass is 10.1. The van der Waals surface area contributed by atoms with Gasteiger partial charge in [-0.05, 0) is 63.0 Å². The third-order valence-corrected chi connectivity index (χ3v) is 3.41. The standard InChI is InChI=1S/C14H20N2O2/c1-10-9-11(14(17)18)4-5-13(10)16-12-3-2-7-15-8-6-12/h4-5,9,12,15-16H,2-3,6-8H2,1H3,(H,17,18). The van der Waals surface area contributed by atoms with Gasteiger partial charge in [0, 0.05) is 11.7 Å². The molecule has 1 unspecified atom stereocenters. The molecule has 2 rings (SSSR count). The van der Waals surface area contributed by atoms with Crippen LogP contribution in [0, 0.1) is 6.92 Å². The summed E-state index contributed by atoms with van der Waals surface area (Å²) in [4.78, 5) is 10.9. The molecule has 18 heavy (non-hydrogen) atoms. The van der Waals surface area contributed by atoms with Gasteiger partial charge in [-0.15, -0.1) is 0 Å². The molecule has 4 nitrogen and oxygen atoms in total. The maximum absolute atomic E-state index is 10.9. The zero-order chi connectivity index (χ0) is 13.0. The Balaban J connectivity index is 2.06. The summed E-state index contributed by atoms with van der Waals surface area (Å²) in [6.45, 7) is 4.09. The molecule has 0 aromatic heterocycles. The molecule has 1 aromatic carbocycles. The zero-order valence-corrected chi connectivity index (χ0v) is 10.7. The van der Waals surface area contributed by atoms with Crippen LogP contribution in [0.25, 0.3) is 0 Å². The Bertz CT molecular complexity index is 424. The Labute approximate surface area is 107 Å². The van der Waals surface area contributed by atoms with Gasteiger partial charge in [0.25, 0.3) is 0 Å². The molecule has 0 radical (unpaired) electrons. The zero-order valence-electron chi connectivity index (χ0n) is 10.7. The first-order valence-corrected chi connectivity index (χ1v) is 6.48. The average molecular weight is 248 g/mol. The second kappa shape index (κ2) is 5.87. The van der Waals surface area contributed by atoms with Gasteiger partial charge in [-0.1, -0.05) is 0 Å². The summed E-state index contributed by atoms with van der Waals surface area (Å²) in [5.41, 5.74) is 2.39. The Morgan fingerprint density at radius 1 is 1.39 bits per heavy atom. The summed E-state index contributed by atoms with van der Waals surface area (Å²) >= 11 is 0. The van der Waals surface area contributed by atoms with Gasteiger partial charge in [0.2, 0.25) is 0 Å². The van der Waals surface area contributed by atoms with Crippen LogP contribution in [0.5, 0.6) is 0 Å². The summed E-state index contributed by atoms with van der Waals surface area (Å²) in [6.07, 6.45) is 3.46. The molecule has 1 fully saturated rings. The third-order valence-electron chi connectivity index (χ3n) is 3.41. The number of aromatic carboxylic acids is 1. The molecular weight excluding hydrogens is 228 g/mol. The predicted molar refractivity (Wildman–Crippen MR) is 72.3 cm³/mol. The SMILES string of the molecule is Cc1cc(C(=O)O)ccc1NC1CCCNCC1. The van der Waals surface area contributed by atoms with Gasteiger partial charge < -0.3 is 15.7 Å². The highest BCUT2D eigenvalue weighted by Crippen LogP contribution is 2.20. The Kier molecular flexibility index (Phi) is 4.20. The van der Waals surface area contributed by atoms with Gasteiger partial charge in [0.05, 0.1) is 5.56 Å². The summed E-state index contributed by atoms with van der Waals surface area (Å²) in [5.74, 6) is -0.872. The maximum atomic E-state index is 10.9. The molecule has 98 valence electrons. The largest absolute Gasteiger partial charge is 0.478 e. The summed E-state index contributed by atoms with van der Waals surface area (Å²) in [6, 6.07) is 5.73. The molecule has 1 aromatic rings. The number of nitrogens with one attached hydrogen (secondary N) is 2. The highest BCUT2D eigenvalue weighted by molar-refractivity contribution is 5.88. The lowest BCUT2D eigenvalue weighted by molar-refractivity contribution is 0.0697. The second-order valence-electron chi connectivity index (χ2n) is 4.86. The van der Waals surface area contributed by atoms with E-state index in [0.717, 1.165) is 37.2 Å². The van der Waals surface area contributed by atoms with E-state index in [4.69, 9.17) is 5.11 Å². The third kappa shape index (κ3) is 3.23. The van der Waals surface area contributed by atoms with Gasteiger partial charge >= 0.3 is 5.97 Å². The first-order valence-electron chi connectivity index (χ1n) is 6.48. The molecule has 0 bridgehead atoms. The van der Waals surface area contributed by atoms with E-state index in [0.29, 0.717) is 11.6 Å². The van der Waals surface area contributed by atoms with Gasteiger partial charge in [0.1, 0.15) is 0 Å². The summed E-state index contributed by atoms with van der Waals surface area (Å²) < 4.78 is 0. The smallest absolute Gasteiger partial charge is 0.335 e. The van der Waals surface area contributed by atoms with Crippen LogP contribution in [0.1, 0.15) is 35.2 Å². The minimum absolute atomic E-state index is 0.348. The summed E-state index contributed by atoms with van der Waals surface area (Å²) in [5, 5.41) is 15.8. The van der Waals surface area contributed by atoms with Crippen molar-refractivity contribution in [3.05, 3.63) is 29.3 Å². The van der Waals surface area contributed by atoms with Crippen molar-refractivity contribution in [3.63, 3.8) is 0 Å². The van der Waals surface area contributed by atoms with Crippen LogP contribution in [-0.2, 0) is 0 Å². The van der Waals surface area contributed by atoms with Crippen molar-refractivity contribution in [1.29, 1.82) is 0 Å². The topological polar surface area (TPSA) is 61.4 Å². The van der Waals surface area contributed by atoms with Crippen LogP contribution in [0.2, 0.25) is 0 Å². The number of rotatable bonds is 3. The van der Waals surface area contributed by atoms with Crippen molar-refractivity contribution < 1.29 is 9.90 Å². The monoisotopic (exact) mass is 248 g/mol. The predicted octanol–water partition coefficient (Wildman–Crippen LogP) is 2.25. The fraction of sp³-hybridized carbons (Fsp3) is 0.500. The van der Waals surface area contributed by atoms with E-state index < -0.39 is 5.97 Å². The van der Waals surface area contributed by atoms with Crippen molar-refractivity contribution in [2.45, 2.75) is 32.2 Å². The van der Waals surface area contributed by atoms with Crippen LogP contribution >= 0.6 is 0 Å². The molecule has 0 spiro atoms. The fourth-order valence-corrected chi connectivity index (χ4v) is 2.34. The number of aryl methyl sites for hydroxylation is 1. The molecule has 1 heterocycles. The van der Waals surface area contributed by atoms with Crippen LogP contribution in [0.4, 0.5) is 5.69 Å². The molecule has 4 heteroatoms. The number of benzene rings is 1. The number of carboxylic acids is 1. The number of carboxylic acid groups (broad SMARTS) is 1. The van der Waals surface area contributed by atoms with Crippen molar-refractivity contribution in [3.8, 4) is 0 Å². The van der Waals surface area contributed by atoms with Crippen molar-refractivity contribution in [2.75, 3.05) is 18.4 Å². The van der Waals surface area contributed by atoms with Crippen LogP contribution in [0.3, 0.4) is 0 Å². The Morgan fingerprint density at radius 3 is 2.94 bits per heavy atom. The van der Waals surface area contributed by atoms with E-state index in [-0.39, 0.29) is 0 Å². The molecule has 3 N–H and O–H groups in total. The van der Waals surface area contributed by atoms with E-state index in [1.807, 2.05) is 13.0 Å². The van der Waals surface area contributed by atoms with E-state index in [9.17, 15) is 4.79 Å². The normalized spacial score (nSPS) is 20.2. The minimum atomic E-state index is -0.872. The van der Waals surface area contributed by atoms with E-state index in [2.05, 4.69) is 10.6 Å². The maximum Gasteiger partial charge on any atom is 0.335 e. The van der Waals surface area contributed by atoms with Crippen LogP contribution in [0.15, 0.2) is 18.2 Å². The van der Waals surface area contributed by atoms with Gasteiger partial charge in [-0.3, -0.25) is 0 Å². The Hall–Kier alpha value is -1.55. The second-order valence-corrected chi connectivity index (χ2v) is 4.86. The molecule has 1 atom stereocenters. The number of carbonyl (C=O) groups is 1. The summed E-state index contributed by atoms with van der Waals surface area (Å²) in [7, 11) is 0. The number of hydrogen-bond acceptors (Lipinski definition) is 3. The molecule has 0 saturated carbocycles. The van der Waals surface area contributed by atoms with Gasteiger partial charge in [0.15, 0.2) is 0 Å². The molecule has 1 aliphatic rings. The number of anilines is 1. The van der Waals surface area contributed by atoms with Crippen molar-refractivity contribution in [2.24, 2.45) is 0 Å². The molecule has 1 aliphatic heterocycles. The molecule has 0 aliphatic carbocycles. The quantitative estimate of drug-likeness (QED) is 0.767. The van der Waals surface area contributed by atoms with Crippen LogP contribution < -0.4 is 10.6 Å². The van der Waals surface area contributed by atoms with E-state index >= 15 is 0 Å². The average Bonchev–Trinajstić information content (AvgIpc) is 2.60. The molecule has 1 saturated heterocycles. The van der Waals surface area contributed by atoms with Crippen molar-refractivity contribution >= 4 is 11.7 Å². The molecular formula is C14H20N2O2. The minimum Gasteiger partial charge on any atom is -0.478 e. The first kappa shape index (κ1) is 12.9. The highest BCUT2D eigenvalue weighted by Gasteiger charge is 2.13. The van der Waals surface area contributed by atoms with Gasteiger partial charge in [-0.2, -0.15) is 0 Å². The lowest BCUT2D eigenvalue weighted by Crippen LogP contribution is -2.22. The van der Waals surface area contributed by atoms with Crippen LogP contribution in [-0.4, -0.2) is 30.2 Å². The number of hydrogen-bond donors (Lipinski definition) is 3. The van der Waals surface area contributed by atoms with Crippen molar-refractivity contribution in [1.82, 2.24) is 5.32 Å². The van der Waals surface area contributed by atoms with E-state index in [1.165, 1.54) is 6.42 Å². The Morgan fingerprint density at radius 2 is 2.22 bits per heavy atom. The lowest BCUT2D eigenvalue weighted by Gasteiger charge is -2.19.